The van der Waals surface area contributed by atoms with Crippen LogP contribution in [-0.2, 0) is 12.8 Å². The second kappa shape index (κ2) is 6.34. The molecule has 25 heavy (non-hydrogen) atoms. The lowest BCUT2D eigenvalue weighted by molar-refractivity contribution is -0.856. The Labute approximate surface area is 150 Å². The molecule has 1 aliphatic carbocycles. The van der Waals surface area contributed by atoms with Gasteiger partial charge in [0.05, 0.1) is 32.6 Å². The summed E-state index contributed by atoms with van der Waals surface area (Å²) in [6.07, 6.45) is 5.05. The topological polar surface area (TPSA) is 76.6 Å². The number of nitrogens with one attached hydrogen (secondary N) is 2. The van der Waals surface area contributed by atoms with Crippen LogP contribution >= 0.6 is 11.3 Å². The molecule has 2 N–H and O–H groups in total. The first-order chi connectivity index (χ1) is 12.0. The molecule has 3 aromatic heterocycles. The Balaban J connectivity index is 1.71. The number of quaternary nitrogens is 1. The molecule has 0 aliphatic heterocycles. The zero-order chi connectivity index (χ0) is 17.6. The zero-order valence-corrected chi connectivity index (χ0v) is 15.6. The van der Waals surface area contributed by atoms with Crippen LogP contribution < -0.4 is 10.2 Å². The molecule has 1 amide bonds. The van der Waals surface area contributed by atoms with Gasteiger partial charge in [0.1, 0.15) is 11.2 Å². The maximum atomic E-state index is 12.3. The van der Waals surface area contributed by atoms with E-state index in [-0.39, 0.29) is 11.7 Å². The molecule has 7 nitrogen and oxygen atoms in total. The largest absolute Gasteiger partial charge is 0.344 e. The standard InChI is InChI=1S/C17H22N6OS/c1-10-4-5-12-11(8-10)13-15-20-14(16(24)18-6-7-22(2)3)21-23(15)9-19-17(13)25-12/h9-10H,4-8H2,1-3H3,(H,18,24)/p+1/t10-/m1/s1. The number of carbonyl (C=O) groups is 1. The van der Waals surface area contributed by atoms with Crippen molar-refractivity contribution in [1.82, 2.24) is 24.9 Å². The van der Waals surface area contributed by atoms with Crippen LogP contribution in [0.3, 0.4) is 0 Å². The van der Waals surface area contributed by atoms with E-state index in [0.717, 1.165) is 35.3 Å². The van der Waals surface area contributed by atoms with Crippen molar-refractivity contribution >= 4 is 33.1 Å². The molecule has 0 bridgehead atoms. The van der Waals surface area contributed by atoms with Crippen molar-refractivity contribution in [3.63, 3.8) is 0 Å². The van der Waals surface area contributed by atoms with E-state index in [2.05, 4.69) is 41.4 Å². The Morgan fingerprint density at radius 1 is 1.48 bits per heavy atom. The Morgan fingerprint density at radius 3 is 3.12 bits per heavy atom. The van der Waals surface area contributed by atoms with Gasteiger partial charge in [0, 0.05) is 4.88 Å². The molecule has 132 valence electrons. The highest BCUT2D eigenvalue weighted by molar-refractivity contribution is 7.19. The van der Waals surface area contributed by atoms with Gasteiger partial charge in [0.15, 0.2) is 5.65 Å². The van der Waals surface area contributed by atoms with Crippen LogP contribution in [0.2, 0.25) is 0 Å². The van der Waals surface area contributed by atoms with Crippen LogP contribution in [0.4, 0.5) is 0 Å². The fraction of sp³-hybridized carbons (Fsp3) is 0.529. The molecular weight excluding hydrogens is 336 g/mol. The Hall–Kier alpha value is -2.06. The van der Waals surface area contributed by atoms with Crippen molar-refractivity contribution in [2.75, 3.05) is 27.2 Å². The summed E-state index contributed by atoms with van der Waals surface area (Å²) in [6, 6.07) is 0. The highest BCUT2D eigenvalue weighted by Gasteiger charge is 2.24. The summed E-state index contributed by atoms with van der Waals surface area (Å²) in [5.74, 6) is 0.659. The minimum Gasteiger partial charge on any atom is -0.344 e. The van der Waals surface area contributed by atoms with Gasteiger partial charge in [-0.1, -0.05) is 6.92 Å². The fourth-order valence-electron chi connectivity index (χ4n) is 3.35. The number of likely N-dealkylation sites (N-methyl/N-ethyl adjacent to an activating group) is 1. The first-order valence-corrected chi connectivity index (χ1v) is 9.57. The number of hydrogen-bond donors (Lipinski definition) is 2. The van der Waals surface area contributed by atoms with E-state index in [0.29, 0.717) is 12.5 Å². The van der Waals surface area contributed by atoms with Gasteiger partial charge in [-0.15, -0.1) is 16.4 Å². The summed E-state index contributed by atoms with van der Waals surface area (Å²) in [4.78, 5) is 25.1. The summed E-state index contributed by atoms with van der Waals surface area (Å²) in [5.41, 5.74) is 2.10. The van der Waals surface area contributed by atoms with Gasteiger partial charge >= 0.3 is 0 Å². The molecule has 0 unspecified atom stereocenters. The molecule has 8 heteroatoms. The third kappa shape index (κ3) is 3.00. The number of carbonyl (C=O) groups excluding carboxylic acids is 1. The predicted octanol–water partition coefficient (Wildman–Crippen LogP) is 0.338. The Morgan fingerprint density at radius 2 is 2.32 bits per heavy atom. The maximum absolute atomic E-state index is 12.3. The third-order valence-corrected chi connectivity index (χ3v) is 5.94. The second-order valence-electron chi connectivity index (χ2n) is 7.19. The number of amides is 1. The minimum atomic E-state index is -0.226. The van der Waals surface area contributed by atoms with Gasteiger partial charge < -0.3 is 10.2 Å². The number of aryl methyl sites for hydroxylation is 1. The molecule has 3 heterocycles. The summed E-state index contributed by atoms with van der Waals surface area (Å²) in [7, 11) is 4.11. The molecular formula is C17H23N6OS+. The SMILES string of the molecule is C[C@@H]1CCc2sc3ncn4nc(C(=O)NCC[NH+](C)C)nc4c3c2C1. The van der Waals surface area contributed by atoms with Gasteiger partial charge in [-0.3, -0.25) is 4.79 Å². The maximum Gasteiger partial charge on any atom is 0.291 e. The first-order valence-electron chi connectivity index (χ1n) is 8.75. The number of thiophene rings is 1. The summed E-state index contributed by atoms with van der Waals surface area (Å²) < 4.78 is 1.64. The highest BCUT2D eigenvalue weighted by Crippen LogP contribution is 2.38. The van der Waals surface area contributed by atoms with E-state index in [9.17, 15) is 4.79 Å². The molecule has 1 aliphatic rings. The van der Waals surface area contributed by atoms with Crippen molar-refractivity contribution in [2.45, 2.75) is 26.2 Å². The van der Waals surface area contributed by atoms with Gasteiger partial charge in [0.2, 0.25) is 5.82 Å². The molecule has 4 rings (SSSR count). The van der Waals surface area contributed by atoms with Crippen LogP contribution in [0, 0.1) is 5.92 Å². The molecule has 0 radical (unpaired) electrons. The minimum absolute atomic E-state index is 0.215. The third-order valence-electron chi connectivity index (χ3n) is 4.74. The predicted molar refractivity (Wildman–Crippen MR) is 97.4 cm³/mol. The molecule has 3 aromatic rings. The van der Waals surface area contributed by atoms with Gasteiger partial charge in [0.25, 0.3) is 5.91 Å². The van der Waals surface area contributed by atoms with Crippen LogP contribution in [-0.4, -0.2) is 52.7 Å². The number of hydrogen-bond acceptors (Lipinski definition) is 5. The van der Waals surface area contributed by atoms with Gasteiger partial charge in [-0.05, 0) is 30.7 Å². The van der Waals surface area contributed by atoms with Gasteiger partial charge in [-0.2, -0.15) is 0 Å². The quantitative estimate of drug-likeness (QED) is 0.704. The number of aromatic nitrogens is 4. The van der Waals surface area contributed by atoms with Crippen molar-refractivity contribution in [1.29, 1.82) is 0 Å². The average molecular weight is 359 g/mol. The summed E-state index contributed by atoms with van der Waals surface area (Å²) >= 11 is 1.76. The fourth-order valence-corrected chi connectivity index (χ4v) is 4.53. The van der Waals surface area contributed by atoms with Crippen molar-refractivity contribution in [2.24, 2.45) is 5.92 Å². The lowest BCUT2D eigenvalue weighted by Gasteiger charge is -2.17. The molecule has 0 spiro atoms. The number of fused-ring (bicyclic) bond motifs is 5. The van der Waals surface area contributed by atoms with Crippen molar-refractivity contribution < 1.29 is 9.69 Å². The van der Waals surface area contributed by atoms with E-state index in [1.165, 1.54) is 21.8 Å². The monoisotopic (exact) mass is 359 g/mol. The van der Waals surface area contributed by atoms with E-state index in [1.54, 1.807) is 22.2 Å². The molecule has 0 saturated heterocycles. The number of nitrogens with zero attached hydrogens (tertiary/aromatic N) is 4. The van der Waals surface area contributed by atoms with Crippen LogP contribution in [0.25, 0.3) is 15.9 Å². The normalized spacial score (nSPS) is 17.4. The summed E-state index contributed by atoms with van der Waals surface area (Å²) in [5, 5.41) is 8.31. The lowest BCUT2D eigenvalue weighted by atomic mass is 9.89. The number of rotatable bonds is 4. The summed E-state index contributed by atoms with van der Waals surface area (Å²) in [6.45, 7) is 3.76. The van der Waals surface area contributed by atoms with Crippen LogP contribution in [0.15, 0.2) is 6.33 Å². The van der Waals surface area contributed by atoms with Crippen LogP contribution in [0.1, 0.15) is 34.4 Å². The molecule has 0 aromatic carbocycles. The average Bonchev–Trinajstić information content (AvgIpc) is 3.14. The lowest BCUT2D eigenvalue weighted by Crippen LogP contribution is -3.06. The molecule has 1 atom stereocenters. The van der Waals surface area contributed by atoms with E-state index in [4.69, 9.17) is 0 Å². The van der Waals surface area contributed by atoms with E-state index < -0.39 is 0 Å². The Bertz CT molecular complexity index is 944. The van der Waals surface area contributed by atoms with E-state index in [1.807, 2.05) is 0 Å². The molecule has 0 fully saturated rings. The highest BCUT2D eigenvalue weighted by atomic mass is 32.1. The first kappa shape index (κ1) is 16.4. The van der Waals surface area contributed by atoms with E-state index >= 15 is 0 Å². The van der Waals surface area contributed by atoms with Crippen molar-refractivity contribution in [3.05, 3.63) is 22.6 Å². The van der Waals surface area contributed by atoms with Gasteiger partial charge in [-0.25, -0.2) is 14.5 Å². The van der Waals surface area contributed by atoms with Crippen molar-refractivity contribution in [3.8, 4) is 0 Å². The smallest absolute Gasteiger partial charge is 0.291 e. The Kier molecular flexibility index (Phi) is 4.16. The second-order valence-corrected chi connectivity index (χ2v) is 8.28. The zero-order valence-electron chi connectivity index (χ0n) is 14.8. The molecule has 0 saturated carbocycles. The van der Waals surface area contributed by atoms with Crippen LogP contribution in [0.5, 0.6) is 0 Å².